The van der Waals surface area contributed by atoms with Crippen LogP contribution in [-0.2, 0) is 11.3 Å². The third-order valence-electron chi connectivity index (χ3n) is 2.23. The molecule has 5 nitrogen and oxygen atoms in total. The zero-order valence-corrected chi connectivity index (χ0v) is 9.68. The molecule has 0 bridgehead atoms. The molecule has 0 saturated carbocycles. The van der Waals surface area contributed by atoms with Crippen LogP contribution in [0.3, 0.4) is 0 Å². The number of hydrogen-bond acceptors (Lipinski definition) is 4. The molecule has 0 aliphatic carbocycles. The van der Waals surface area contributed by atoms with E-state index in [0.717, 1.165) is 0 Å². The molecular formula is C12H16O5. The van der Waals surface area contributed by atoms with Gasteiger partial charge in [-0.3, -0.25) is 0 Å². The molecule has 2 N–H and O–H groups in total. The fourth-order valence-corrected chi connectivity index (χ4v) is 1.37. The van der Waals surface area contributed by atoms with Crippen molar-refractivity contribution in [2.24, 2.45) is 0 Å². The molecule has 0 radical (unpaired) electrons. The molecule has 0 heterocycles. The summed E-state index contributed by atoms with van der Waals surface area (Å²) in [5.41, 5.74) is 0.886. The summed E-state index contributed by atoms with van der Waals surface area (Å²) in [6.45, 7) is 0.771. The molecule has 0 aliphatic heterocycles. The molecule has 0 unspecified atom stereocenters. The lowest BCUT2D eigenvalue weighted by atomic mass is 10.1. The van der Waals surface area contributed by atoms with Crippen LogP contribution in [0.5, 0.6) is 5.75 Å². The SMILES string of the molecule is COc1ccc(C(=O)O)cc1COCCCO. The van der Waals surface area contributed by atoms with E-state index in [9.17, 15) is 4.79 Å². The van der Waals surface area contributed by atoms with Crippen LogP contribution in [0, 0.1) is 0 Å². The summed E-state index contributed by atoms with van der Waals surface area (Å²) in [5.74, 6) is -0.386. The Morgan fingerprint density at radius 3 is 2.76 bits per heavy atom. The largest absolute Gasteiger partial charge is 0.496 e. The van der Waals surface area contributed by atoms with E-state index in [1.807, 2.05) is 0 Å². The zero-order chi connectivity index (χ0) is 12.7. The summed E-state index contributed by atoms with van der Waals surface area (Å²) < 4.78 is 10.4. The topological polar surface area (TPSA) is 76.0 Å². The number of carboxylic acids is 1. The van der Waals surface area contributed by atoms with Crippen LogP contribution in [0.2, 0.25) is 0 Å². The van der Waals surface area contributed by atoms with Crippen molar-refractivity contribution in [3.63, 3.8) is 0 Å². The number of aliphatic hydroxyl groups is 1. The zero-order valence-electron chi connectivity index (χ0n) is 9.68. The van der Waals surface area contributed by atoms with Gasteiger partial charge in [0, 0.05) is 18.8 Å². The van der Waals surface area contributed by atoms with E-state index in [0.29, 0.717) is 24.3 Å². The number of aliphatic hydroxyl groups excluding tert-OH is 1. The van der Waals surface area contributed by atoms with Gasteiger partial charge in [-0.1, -0.05) is 0 Å². The number of benzene rings is 1. The van der Waals surface area contributed by atoms with E-state index < -0.39 is 5.97 Å². The van der Waals surface area contributed by atoms with Crippen molar-refractivity contribution in [2.75, 3.05) is 20.3 Å². The first kappa shape index (κ1) is 13.5. The summed E-state index contributed by atoms with van der Waals surface area (Å²) in [7, 11) is 1.52. The lowest BCUT2D eigenvalue weighted by Crippen LogP contribution is -2.03. The lowest BCUT2D eigenvalue weighted by molar-refractivity contribution is 0.0696. The van der Waals surface area contributed by atoms with Crippen LogP contribution in [-0.4, -0.2) is 36.5 Å². The number of methoxy groups -OCH3 is 1. The van der Waals surface area contributed by atoms with E-state index in [2.05, 4.69) is 0 Å². The van der Waals surface area contributed by atoms with Gasteiger partial charge in [-0.15, -0.1) is 0 Å². The Bertz CT molecular complexity index is 375. The van der Waals surface area contributed by atoms with E-state index in [-0.39, 0.29) is 18.8 Å². The Kier molecular flexibility index (Phi) is 5.45. The maximum absolute atomic E-state index is 10.8. The molecule has 0 spiro atoms. The van der Waals surface area contributed by atoms with Gasteiger partial charge in [0.05, 0.1) is 19.3 Å². The molecule has 17 heavy (non-hydrogen) atoms. The molecule has 5 heteroatoms. The van der Waals surface area contributed by atoms with Crippen molar-refractivity contribution >= 4 is 5.97 Å². The van der Waals surface area contributed by atoms with Crippen molar-refractivity contribution in [1.82, 2.24) is 0 Å². The van der Waals surface area contributed by atoms with Gasteiger partial charge in [0.2, 0.25) is 0 Å². The molecule has 1 aromatic rings. The van der Waals surface area contributed by atoms with Gasteiger partial charge in [0.25, 0.3) is 0 Å². The summed E-state index contributed by atoms with van der Waals surface area (Å²) in [6, 6.07) is 4.62. The van der Waals surface area contributed by atoms with Gasteiger partial charge in [-0.2, -0.15) is 0 Å². The average molecular weight is 240 g/mol. The van der Waals surface area contributed by atoms with Crippen LogP contribution in [0.25, 0.3) is 0 Å². The summed E-state index contributed by atoms with van der Waals surface area (Å²) in [5, 5.41) is 17.5. The van der Waals surface area contributed by atoms with Crippen LogP contribution in [0.15, 0.2) is 18.2 Å². The molecule has 0 saturated heterocycles. The molecule has 1 aromatic carbocycles. The van der Waals surface area contributed by atoms with Crippen LogP contribution in [0.1, 0.15) is 22.3 Å². The Labute approximate surface area is 99.6 Å². The number of rotatable bonds is 7. The first-order chi connectivity index (χ1) is 8.19. The molecule has 0 amide bonds. The second-order valence-electron chi connectivity index (χ2n) is 3.46. The van der Waals surface area contributed by atoms with Crippen molar-refractivity contribution < 1.29 is 24.5 Å². The molecule has 0 aliphatic rings. The summed E-state index contributed by atoms with van der Waals surface area (Å²) in [6.07, 6.45) is 0.556. The van der Waals surface area contributed by atoms with Gasteiger partial charge >= 0.3 is 5.97 Å². The second kappa shape index (κ2) is 6.88. The quantitative estimate of drug-likeness (QED) is 0.702. The maximum atomic E-state index is 10.8. The normalized spacial score (nSPS) is 10.2. The smallest absolute Gasteiger partial charge is 0.335 e. The highest BCUT2D eigenvalue weighted by Gasteiger charge is 2.08. The lowest BCUT2D eigenvalue weighted by Gasteiger charge is -2.09. The molecule has 1 rings (SSSR count). The van der Waals surface area contributed by atoms with Crippen molar-refractivity contribution in [2.45, 2.75) is 13.0 Å². The molecule has 94 valence electrons. The molecule has 0 fully saturated rings. The van der Waals surface area contributed by atoms with E-state index in [1.165, 1.54) is 19.2 Å². The molecule has 0 aromatic heterocycles. The van der Waals surface area contributed by atoms with Gasteiger partial charge in [0.1, 0.15) is 5.75 Å². The number of aromatic carboxylic acids is 1. The summed E-state index contributed by atoms with van der Waals surface area (Å²) in [4.78, 5) is 10.8. The first-order valence-electron chi connectivity index (χ1n) is 5.28. The minimum Gasteiger partial charge on any atom is -0.496 e. The highest BCUT2D eigenvalue weighted by atomic mass is 16.5. The molecule has 0 atom stereocenters. The fraction of sp³-hybridized carbons (Fsp3) is 0.417. The van der Waals surface area contributed by atoms with Crippen molar-refractivity contribution in [3.8, 4) is 5.75 Å². The summed E-state index contributed by atoms with van der Waals surface area (Å²) >= 11 is 0. The minimum atomic E-state index is -0.982. The van der Waals surface area contributed by atoms with Crippen LogP contribution >= 0.6 is 0 Å². The predicted octanol–water partition coefficient (Wildman–Crippen LogP) is 1.29. The van der Waals surface area contributed by atoms with Crippen molar-refractivity contribution in [1.29, 1.82) is 0 Å². The van der Waals surface area contributed by atoms with Gasteiger partial charge in [-0.25, -0.2) is 4.79 Å². The van der Waals surface area contributed by atoms with Gasteiger partial charge < -0.3 is 19.7 Å². The molecular weight excluding hydrogens is 224 g/mol. The Hall–Kier alpha value is -1.59. The number of carboxylic acid groups (broad SMARTS) is 1. The Morgan fingerprint density at radius 1 is 1.41 bits per heavy atom. The minimum absolute atomic E-state index is 0.0757. The number of ether oxygens (including phenoxy) is 2. The van der Waals surface area contributed by atoms with Gasteiger partial charge in [-0.05, 0) is 24.6 Å². The number of carbonyl (C=O) groups is 1. The predicted molar refractivity (Wildman–Crippen MR) is 61.3 cm³/mol. The number of hydrogen-bond donors (Lipinski definition) is 2. The van der Waals surface area contributed by atoms with Gasteiger partial charge in [0.15, 0.2) is 0 Å². The highest BCUT2D eigenvalue weighted by Crippen LogP contribution is 2.20. The third-order valence-corrected chi connectivity index (χ3v) is 2.23. The second-order valence-corrected chi connectivity index (χ2v) is 3.46. The van der Waals surface area contributed by atoms with Crippen LogP contribution < -0.4 is 4.74 Å². The Balaban J connectivity index is 2.72. The third kappa shape index (κ3) is 4.05. The standard InChI is InChI=1S/C12H16O5/c1-16-11-4-3-9(12(14)15)7-10(11)8-17-6-2-5-13/h3-4,7,13H,2,5-6,8H2,1H3,(H,14,15). The maximum Gasteiger partial charge on any atom is 0.335 e. The monoisotopic (exact) mass is 240 g/mol. The van der Waals surface area contributed by atoms with E-state index in [1.54, 1.807) is 6.07 Å². The van der Waals surface area contributed by atoms with E-state index >= 15 is 0 Å². The van der Waals surface area contributed by atoms with Crippen LogP contribution in [0.4, 0.5) is 0 Å². The van der Waals surface area contributed by atoms with E-state index in [4.69, 9.17) is 19.7 Å². The fourth-order valence-electron chi connectivity index (χ4n) is 1.37. The van der Waals surface area contributed by atoms with Crippen molar-refractivity contribution in [3.05, 3.63) is 29.3 Å². The average Bonchev–Trinajstić information content (AvgIpc) is 2.34. The first-order valence-corrected chi connectivity index (χ1v) is 5.28. The Morgan fingerprint density at radius 2 is 2.18 bits per heavy atom. The highest BCUT2D eigenvalue weighted by molar-refractivity contribution is 5.88.